The first kappa shape index (κ1) is 19.1. The van der Waals surface area contributed by atoms with Crippen LogP contribution in [0, 0.1) is 0 Å². The Bertz CT molecular complexity index is 378. The zero-order valence-corrected chi connectivity index (χ0v) is 15.7. The summed E-state index contributed by atoms with van der Waals surface area (Å²) in [6.45, 7) is 5.98. The smallest absolute Gasteiger partial charge is 0.230 e. The predicted molar refractivity (Wildman–Crippen MR) is 95.5 cm³/mol. The van der Waals surface area contributed by atoms with Crippen molar-refractivity contribution >= 4 is 52.7 Å². The first-order valence-electron chi connectivity index (χ1n) is 7.13. The monoisotopic (exact) mass is 368 g/mol. The molecular formula is C13H22Cl2N4S2. The van der Waals surface area contributed by atoms with E-state index in [-0.39, 0.29) is 0 Å². The van der Waals surface area contributed by atoms with Crippen LogP contribution in [-0.2, 0) is 0 Å². The van der Waals surface area contributed by atoms with Crippen LogP contribution in [0.1, 0.15) is 26.7 Å². The lowest BCUT2D eigenvalue weighted by Crippen LogP contribution is -2.24. The molecule has 0 saturated heterocycles. The fraction of sp³-hybridized carbons (Fsp3) is 0.769. The van der Waals surface area contributed by atoms with Crippen molar-refractivity contribution in [2.24, 2.45) is 0 Å². The Morgan fingerprint density at radius 3 is 1.71 bits per heavy atom. The highest BCUT2D eigenvalue weighted by Crippen LogP contribution is 2.22. The molecule has 0 bridgehead atoms. The average molecular weight is 369 g/mol. The summed E-state index contributed by atoms with van der Waals surface area (Å²) in [5.41, 5.74) is 0. The maximum atomic E-state index is 5.72. The minimum atomic E-state index is 0.665. The van der Waals surface area contributed by atoms with Gasteiger partial charge in [-0.2, -0.15) is 15.0 Å². The Morgan fingerprint density at radius 2 is 1.33 bits per heavy atom. The minimum Gasteiger partial charge on any atom is -0.341 e. The van der Waals surface area contributed by atoms with Crippen LogP contribution in [-0.4, -0.2) is 51.3 Å². The van der Waals surface area contributed by atoms with Gasteiger partial charge < -0.3 is 4.90 Å². The van der Waals surface area contributed by atoms with Gasteiger partial charge in [0.2, 0.25) is 5.95 Å². The Kier molecular flexibility index (Phi) is 10.6. The van der Waals surface area contributed by atoms with Crippen LogP contribution < -0.4 is 4.90 Å². The standard InChI is InChI=1S/C13H22Cl2N4S2/c1-3-19(4-2)11-16-12(20-9-5-7-14)18-13(17-11)21-10-6-8-15/h3-10H2,1-2H3. The summed E-state index contributed by atoms with van der Waals surface area (Å²) in [5, 5.41) is 1.57. The van der Waals surface area contributed by atoms with E-state index >= 15 is 0 Å². The molecule has 0 saturated carbocycles. The summed E-state index contributed by atoms with van der Waals surface area (Å²) in [4.78, 5) is 15.8. The zero-order valence-electron chi connectivity index (χ0n) is 12.5. The van der Waals surface area contributed by atoms with Gasteiger partial charge in [-0.05, 0) is 26.7 Å². The molecule has 0 aromatic carbocycles. The third kappa shape index (κ3) is 7.26. The van der Waals surface area contributed by atoms with Crippen LogP contribution in [0.3, 0.4) is 0 Å². The molecule has 1 aromatic heterocycles. The molecule has 1 heterocycles. The lowest BCUT2D eigenvalue weighted by molar-refractivity contribution is 0.736. The quantitative estimate of drug-likeness (QED) is 0.331. The van der Waals surface area contributed by atoms with E-state index in [0.717, 1.165) is 53.7 Å². The number of halogens is 2. The second-order valence-electron chi connectivity index (χ2n) is 4.15. The van der Waals surface area contributed by atoms with Crippen LogP contribution in [0.25, 0.3) is 0 Å². The highest BCUT2D eigenvalue weighted by atomic mass is 35.5. The molecule has 0 aliphatic carbocycles. The first-order chi connectivity index (χ1) is 10.2. The number of rotatable bonds is 11. The third-order valence-electron chi connectivity index (χ3n) is 2.65. The fourth-order valence-electron chi connectivity index (χ4n) is 1.54. The molecule has 4 nitrogen and oxygen atoms in total. The van der Waals surface area contributed by atoms with Gasteiger partial charge in [-0.25, -0.2) is 0 Å². The Labute approximate surface area is 145 Å². The normalized spacial score (nSPS) is 10.9. The Morgan fingerprint density at radius 1 is 0.857 bits per heavy atom. The summed E-state index contributed by atoms with van der Waals surface area (Å²) >= 11 is 14.7. The molecule has 0 atom stereocenters. The van der Waals surface area contributed by atoms with Crippen LogP contribution in [0.4, 0.5) is 5.95 Å². The van der Waals surface area contributed by atoms with Crippen LogP contribution >= 0.6 is 46.7 Å². The Balaban J connectivity index is 2.84. The van der Waals surface area contributed by atoms with Crippen molar-refractivity contribution in [3.8, 4) is 0 Å². The van der Waals surface area contributed by atoms with E-state index < -0.39 is 0 Å². The molecule has 0 spiro atoms. The maximum Gasteiger partial charge on any atom is 0.230 e. The molecule has 0 aliphatic heterocycles. The summed E-state index contributed by atoms with van der Waals surface area (Å²) in [6, 6.07) is 0. The van der Waals surface area contributed by atoms with Gasteiger partial charge in [0.1, 0.15) is 0 Å². The van der Waals surface area contributed by atoms with Crippen molar-refractivity contribution in [2.75, 3.05) is 41.3 Å². The van der Waals surface area contributed by atoms with Crippen LogP contribution in [0.2, 0.25) is 0 Å². The van der Waals surface area contributed by atoms with E-state index in [2.05, 4.69) is 33.7 Å². The predicted octanol–water partition coefficient (Wildman–Crippen LogP) is 4.16. The van der Waals surface area contributed by atoms with Crippen molar-refractivity contribution in [2.45, 2.75) is 37.0 Å². The van der Waals surface area contributed by atoms with Gasteiger partial charge >= 0.3 is 0 Å². The summed E-state index contributed by atoms with van der Waals surface area (Å²) in [6.07, 6.45) is 1.90. The van der Waals surface area contributed by atoms with Crippen LogP contribution in [0.15, 0.2) is 10.3 Å². The minimum absolute atomic E-state index is 0.665. The zero-order chi connectivity index (χ0) is 15.5. The van der Waals surface area contributed by atoms with Gasteiger partial charge in [0.15, 0.2) is 10.3 Å². The highest BCUT2D eigenvalue weighted by molar-refractivity contribution is 7.99. The SMILES string of the molecule is CCN(CC)c1nc(SCCCCl)nc(SCCCCl)n1. The second-order valence-corrected chi connectivity index (χ2v) is 7.03. The van der Waals surface area contributed by atoms with Crippen molar-refractivity contribution in [3.63, 3.8) is 0 Å². The molecule has 0 aliphatic rings. The molecule has 21 heavy (non-hydrogen) atoms. The number of thioether (sulfide) groups is 2. The van der Waals surface area contributed by atoms with Gasteiger partial charge in [0, 0.05) is 36.4 Å². The molecule has 120 valence electrons. The molecule has 8 heteroatoms. The number of nitrogens with zero attached hydrogens (tertiary/aromatic N) is 4. The third-order valence-corrected chi connectivity index (χ3v) is 5.05. The second kappa shape index (κ2) is 11.6. The fourth-order valence-corrected chi connectivity index (χ4v) is 3.72. The Hall–Kier alpha value is 0.0900. The van der Waals surface area contributed by atoms with Crippen molar-refractivity contribution in [1.29, 1.82) is 0 Å². The summed E-state index contributed by atoms with van der Waals surface area (Å²) in [7, 11) is 0. The van der Waals surface area contributed by atoms with Crippen molar-refractivity contribution in [3.05, 3.63) is 0 Å². The van der Waals surface area contributed by atoms with E-state index in [4.69, 9.17) is 23.2 Å². The van der Waals surface area contributed by atoms with Gasteiger partial charge in [-0.15, -0.1) is 23.2 Å². The van der Waals surface area contributed by atoms with Gasteiger partial charge in [0.05, 0.1) is 0 Å². The van der Waals surface area contributed by atoms with E-state index in [0.29, 0.717) is 11.8 Å². The van der Waals surface area contributed by atoms with E-state index in [9.17, 15) is 0 Å². The number of anilines is 1. The molecule has 1 aromatic rings. The van der Waals surface area contributed by atoms with Gasteiger partial charge in [-0.1, -0.05) is 23.5 Å². The topological polar surface area (TPSA) is 41.9 Å². The molecule has 0 unspecified atom stereocenters. The lowest BCUT2D eigenvalue weighted by atomic mass is 10.5. The van der Waals surface area contributed by atoms with Crippen molar-refractivity contribution < 1.29 is 0 Å². The molecule has 0 fully saturated rings. The number of hydrogen-bond donors (Lipinski definition) is 0. The largest absolute Gasteiger partial charge is 0.341 e. The van der Waals surface area contributed by atoms with E-state index in [1.165, 1.54) is 0 Å². The van der Waals surface area contributed by atoms with Gasteiger partial charge in [0.25, 0.3) is 0 Å². The molecule has 0 N–H and O–H groups in total. The highest BCUT2D eigenvalue weighted by Gasteiger charge is 2.11. The molecule has 0 amide bonds. The number of aromatic nitrogens is 3. The van der Waals surface area contributed by atoms with E-state index in [1.54, 1.807) is 23.5 Å². The molecule has 0 radical (unpaired) electrons. The molecule has 1 rings (SSSR count). The van der Waals surface area contributed by atoms with Crippen molar-refractivity contribution in [1.82, 2.24) is 15.0 Å². The number of alkyl halides is 2. The maximum absolute atomic E-state index is 5.72. The van der Waals surface area contributed by atoms with Gasteiger partial charge in [-0.3, -0.25) is 0 Å². The lowest BCUT2D eigenvalue weighted by Gasteiger charge is -2.19. The number of hydrogen-bond acceptors (Lipinski definition) is 6. The summed E-state index contributed by atoms with van der Waals surface area (Å²) in [5.74, 6) is 3.95. The average Bonchev–Trinajstić information content (AvgIpc) is 2.49. The van der Waals surface area contributed by atoms with Crippen LogP contribution in [0.5, 0.6) is 0 Å². The molecular weight excluding hydrogens is 347 g/mol. The van der Waals surface area contributed by atoms with E-state index in [1.807, 2.05) is 0 Å². The first-order valence-corrected chi connectivity index (χ1v) is 10.2. The summed E-state index contributed by atoms with van der Waals surface area (Å²) < 4.78 is 0.